The van der Waals surface area contributed by atoms with E-state index in [0.29, 0.717) is 31.1 Å². The van der Waals surface area contributed by atoms with Crippen LogP contribution in [0.25, 0.3) is 0 Å². The Morgan fingerprint density at radius 1 is 1.10 bits per heavy atom. The highest BCUT2D eigenvalue weighted by Gasteiger charge is 2.11. The van der Waals surface area contributed by atoms with Crippen molar-refractivity contribution in [3.05, 3.63) is 52.8 Å². The van der Waals surface area contributed by atoms with Crippen molar-refractivity contribution in [1.29, 1.82) is 0 Å². The van der Waals surface area contributed by atoms with Gasteiger partial charge in [0.1, 0.15) is 5.82 Å². The third kappa shape index (κ3) is 3.22. The maximum Gasteiger partial charge on any atom is 0.163 e. The van der Waals surface area contributed by atoms with Crippen molar-refractivity contribution < 1.29 is 13.9 Å². The Morgan fingerprint density at radius 2 is 1.90 bits per heavy atom. The number of fused-ring (bicyclic) bond motifs is 1. The molecule has 0 radical (unpaired) electrons. The zero-order valence-corrected chi connectivity index (χ0v) is 12.1. The van der Waals surface area contributed by atoms with Gasteiger partial charge < -0.3 is 14.8 Å². The highest BCUT2D eigenvalue weighted by molar-refractivity contribution is 6.30. The summed E-state index contributed by atoms with van der Waals surface area (Å²) in [6.45, 7) is 1.65. The SMILES string of the molecule is Fc1c(Cl)cccc1CNc1ccc2c(c1)OCCCO2. The molecule has 110 valence electrons. The monoisotopic (exact) mass is 307 g/mol. The van der Waals surface area contributed by atoms with Crippen LogP contribution in [0.2, 0.25) is 5.02 Å². The van der Waals surface area contributed by atoms with Crippen molar-refractivity contribution in [2.45, 2.75) is 13.0 Å². The van der Waals surface area contributed by atoms with Crippen molar-refractivity contribution in [2.75, 3.05) is 18.5 Å². The fourth-order valence-electron chi connectivity index (χ4n) is 2.16. The van der Waals surface area contributed by atoms with Gasteiger partial charge in [-0.05, 0) is 18.2 Å². The molecule has 2 aromatic carbocycles. The van der Waals surface area contributed by atoms with Crippen LogP contribution < -0.4 is 14.8 Å². The number of benzene rings is 2. The van der Waals surface area contributed by atoms with Gasteiger partial charge in [-0.15, -0.1) is 0 Å². The molecule has 0 bridgehead atoms. The van der Waals surface area contributed by atoms with Crippen LogP contribution in [0.15, 0.2) is 36.4 Å². The molecule has 0 unspecified atom stereocenters. The normalized spacial score (nSPS) is 13.6. The van der Waals surface area contributed by atoms with Crippen LogP contribution in [0.5, 0.6) is 11.5 Å². The molecule has 3 nitrogen and oxygen atoms in total. The number of anilines is 1. The van der Waals surface area contributed by atoms with Gasteiger partial charge in [-0.3, -0.25) is 0 Å². The molecule has 2 aromatic rings. The van der Waals surface area contributed by atoms with Crippen molar-refractivity contribution in [1.82, 2.24) is 0 Å². The summed E-state index contributed by atoms with van der Waals surface area (Å²) in [6.07, 6.45) is 0.866. The van der Waals surface area contributed by atoms with Crippen molar-refractivity contribution in [3.63, 3.8) is 0 Å². The molecule has 0 fully saturated rings. The number of hydrogen-bond donors (Lipinski definition) is 1. The molecular formula is C16H15ClFNO2. The van der Waals surface area contributed by atoms with Crippen molar-refractivity contribution in [2.24, 2.45) is 0 Å². The predicted octanol–water partition coefficient (Wildman–Crippen LogP) is 4.25. The minimum absolute atomic E-state index is 0.132. The summed E-state index contributed by atoms with van der Waals surface area (Å²) < 4.78 is 25.0. The summed E-state index contributed by atoms with van der Waals surface area (Å²) in [5, 5.41) is 3.30. The van der Waals surface area contributed by atoms with Crippen LogP contribution >= 0.6 is 11.6 Å². The van der Waals surface area contributed by atoms with Crippen molar-refractivity contribution in [3.8, 4) is 11.5 Å². The van der Waals surface area contributed by atoms with E-state index >= 15 is 0 Å². The fraction of sp³-hybridized carbons (Fsp3) is 0.250. The van der Waals surface area contributed by atoms with E-state index in [4.69, 9.17) is 21.1 Å². The van der Waals surface area contributed by atoms with E-state index in [1.807, 2.05) is 18.2 Å². The van der Waals surface area contributed by atoms with Crippen LogP contribution in [0.3, 0.4) is 0 Å². The van der Waals surface area contributed by atoms with E-state index in [1.54, 1.807) is 12.1 Å². The number of hydrogen-bond acceptors (Lipinski definition) is 3. The van der Waals surface area contributed by atoms with Gasteiger partial charge in [0, 0.05) is 30.3 Å². The van der Waals surface area contributed by atoms with Gasteiger partial charge in [0.05, 0.1) is 18.2 Å². The Hall–Kier alpha value is -1.94. The summed E-state index contributed by atoms with van der Waals surface area (Å²) in [5.74, 6) is 1.07. The predicted molar refractivity (Wildman–Crippen MR) is 80.8 cm³/mol. The Labute approximate surface area is 127 Å². The first kappa shape index (κ1) is 14.0. The van der Waals surface area contributed by atoms with E-state index in [2.05, 4.69) is 5.32 Å². The molecule has 0 aliphatic carbocycles. The van der Waals surface area contributed by atoms with E-state index in [9.17, 15) is 4.39 Å². The van der Waals surface area contributed by atoms with Gasteiger partial charge in [0.2, 0.25) is 0 Å². The number of rotatable bonds is 3. The molecule has 3 rings (SSSR count). The Kier molecular flexibility index (Phi) is 4.15. The van der Waals surface area contributed by atoms with Gasteiger partial charge in [-0.1, -0.05) is 23.7 Å². The van der Waals surface area contributed by atoms with Gasteiger partial charge >= 0.3 is 0 Å². The molecular weight excluding hydrogens is 293 g/mol. The molecule has 0 amide bonds. The zero-order valence-electron chi connectivity index (χ0n) is 11.4. The van der Waals surface area contributed by atoms with Crippen LogP contribution in [-0.4, -0.2) is 13.2 Å². The van der Waals surface area contributed by atoms with Crippen molar-refractivity contribution >= 4 is 17.3 Å². The lowest BCUT2D eigenvalue weighted by molar-refractivity contribution is 0.297. The van der Waals surface area contributed by atoms with Gasteiger partial charge in [0.25, 0.3) is 0 Å². The smallest absolute Gasteiger partial charge is 0.163 e. The largest absolute Gasteiger partial charge is 0.490 e. The lowest BCUT2D eigenvalue weighted by Gasteiger charge is -2.11. The van der Waals surface area contributed by atoms with Crippen LogP contribution in [-0.2, 0) is 6.54 Å². The fourth-order valence-corrected chi connectivity index (χ4v) is 2.35. The summed E-state index contributed by atoms with van der Waals surface area (Å²) >= 11 is 5.77. The molecule has 1 aliphatic rings. The molecule has 0 saturated heterocycles. The summed E-state index contributed by atoms with van der Waals surface area (Å²) in [7, 11) is 0. The maximum absolute atomic E-state index is 13.8. The Balaban J connectivity index is 1.73. The van der Waals surface area contributed by atoms with E-state index in [1.165, 1.54) is 6.07 Å². The first-order valence-corrected chi connectivity index (χ1v) is 7.18. The average Bonchev–Trinajstić information content (AvgIpc) is 2.73. The number of nitrogens with one attached hydrogen (secondary N) is 1. The molecule has 0 atom stereocenters. The molecule has 5 heteroatoms. The van der Waals surface area contributed by atoms with E-state index in [0.717, 1.165) is 17.9 Å². The highest BCUT2D eigenvalue weighted by atomic mass is 35.5. The Morgan fingerprint density at radius 3 is 2.76 bits per heavy atom. The molecule has 21 heavy (non-hydrogen) atoms. The van der Waals surface area contributed by atoms with Gasteiger partial charge in [-0.25, -0.2) is 4.39 Å². The van der Waals surface area contributed by atoms with Crippen LogP contribution in [0.1, 0.15) is 12.0 Å². The quantitative estimate of drug-likeness (QED) is 0.919. The second-order valence-corrected chi connectivity index (χ2v) is 5.19. The third-order valence-corrected chi connectivity index (χ3v) is 3.55. The molecule has 0 spiro atoms. The number of halogens is 2. The van der Waals surface area contributed by atoms with Crippen LogP contribution in [0, 0.1) is 5.82 Å². The second-order valence-electron chi connectivity index (χ2n) is 4.78. The first-order chi connectivity index (χ1) is 10.2. The lowest BCUT2D eigenvalue weighted by Crippen LogP contribution is -2.02. The molecule has 0 saturated carbocycles. The molecule has 1 heterocycles. The molecule has 1 N–H and O–H groups in total. The Bertz CT molecular complexity index is 648. The third-order valence-electron chi connectivity index (χ3n) is 3.26. The first-order valence-electron chi connectivity index (χ1n) is 6.80. The number of ether oxygens (including phenoxy) is 2. The summed E-state index contributed by atoms with van der Waals surface area (Å²) in [4.78, 5) is 0. The highest BCUT2D eigenvalue weighted by Crippen LogP contribution is 2.32. The lowest BCUT2D eigenvalue weighted by atomic mass is 10.2. The molecule has 1 aliphatic heterocycles. The van der Waals surface area contributed by atoms with E-state index < -0.39 is 0 Å². The zero-order chi connectivity index (χ0) is 14.7. The van der Waals surface area contributed by atoms with Gasteiger partial charge in [-0.2, -0.15) is 0 Å². The second kappa shape index (κ2) is 6.22. The standard InChI is InChI=1S/C16H15ClFNO2/c17-13-4-1-3-11(16(13)18)10-19-12-5-6-14-15(9-12)21-8-2-7-20-14/h1,3-6,9,19H,2,7-8,10H2. The maximum atomic E-state index is 13.8. The topological polar surface area (TPSA) is 30.5 Å². The molecule has 0 aromatic heterocycles. The summed E-state index contributed by atoms with van der Waals surface area (Å²) in [5.41, 5.74) is 1.37. The van der Waals surface area contributed by atoms with Crippen LogP contribution in [0.4, 0.5) is 10.1 Å². The average molecular weight is 308 g/mol. The minimum atomic E-state index is -0.388. The summed E-state index contributed by atoms with van der Waals surface area (Å²) in [6, 6.07) is 10.6. The van der Waals surface area contributed by atoms with E-state index in [-0.39, 0.29) is 10.8 Å². The van der Waals surface area contributed by atoms with Gasteiger partial charge in [0.15, 0.2) is 11.5 Å². The minimum Gasteiger partial charge on any atom is -0.490 e.